The van der Waals surface area contributed by atoms with Crippen LogP contribution in [0.3, 0.4) is 0 Å². The van der Waals surface area contributed by atoms with Gasteiger partial charge in [-0.15, -0.1) is 5.10 Å². The van der Waals surface area contributed by atoms with Crippen LogP contribution in [0, 0.1) is 0 Å². The first-order chi connectivity index (χ1) is 18.0. The quantitative estimate of drug-likeness (QED) is 0.210. The van der Waals surface area contributed by atoms with Crippen molar-refractivity contribution in [3.63, 3.8) is 0 Å². The van der Waals surface area contributed by atoms with Crippen LogP contribution in [0.1, 0.15) is 34.8 Å². The van der Waals surface area contributed by atoms with Crippen LogP contribution in [0.25, 0.3) is 16.1 Å². The van der Waals surface area contributed by atoms with Gasteiger partial charge in [0.2, 0.25) is 16.0 Å². The lowest BCUT2D eigenvalue weighted by Crippen LogP contribution is -2.14. The Balaban J connectivity index is 1.36. The van der Waals surface area contributed by atoms with Gasteiger partial charge in [0, 0.05) is 41.1 Å². The Labute approximate surface area is 220 Å². The van der Waals surface area contributed by atoms with Crippen LogP contribution in [0.4, 0.5) is 10.8 Å². The maximum absolute atomic E-state index is 13.4. The van der Waals surface area contributed by atoms with Crippen LogP contribution in [-0.2, 0) is 0 Å². The molecule has 0 atom stereocenters. The van der Waals surface area contributed by atoms with Gasteiger partial charge in [0.25, 0.3) is 5.91 Å². The molecule has 1 aliphatic carbocycles. The molecule has 0 saturated heterocycles. The van der Waals surface area contributed by atoms with E-state index in [9.17, 15) is 4.79 Å². The molecule has 12 heteroatoms. The van der Waals surface area contributed by atoms with E-state index in [1.807, 2.05) is 6.20 Å². The fourth-order valence-electron chi connectivity index (χ4n) is 3.89. The van der Waals surface area contributed by atoms with Gasteiger partial charge in [-0.3, -0.25) is 10.1 Å². The third-order valence-electron chi connectivity index (χ3n) is 5.83. The van der Waals surface area contributed by atoms with Crippen molar-refractivity contribution < 1.29 is 14.3 Å². The number of halogens is 1. The Kier molecular flexibility index (Phi) is 5.85. The Morgan fingerprint density at radius 2 is 2.05 bits per heavy atom. The van der Waals surface area contributed by atoms with E-state index >= 15 is 0 Å². The lowest BCUT2D eigenvalue weighted by molar-refractivity contribution is 0.102. The second kappa shape index (κ2) is 9.34. The smallest absolute Gasteiger partial charge is 0.259 e. The fraction of sp³-hybridized carbons (Fsp3) is 0.160. The molecule has 1 fully saturated rings. The number of hydrogen-bond acceptors (Lipinski definition) is 9. The number of benzene rings is 1. The SMILES string of the molecule is COc1cnc(Cl)cc1-c1cc(Oc2cccc(N)c2)ncc1C(=O)Nc1nn2cc(C3CC3)nc2s1. The predicted molar refractivity (Wildman–Crippen MR) is 141 cm³/mol. The number of carbonyl (C=O) groups excluding carboxylic acids is 1. The molecule has 3 N–H and O–H groups in total. The highest BCUT2D eigenvalue weighted by Crippen LogP contribution is 2.40. The zero-order valence-corrected chi connectivity index (χ0v) is 21.1. The van der Waals surface area contributed by atoms with Crippen LogP contribution in [-0.4, -0.2) is 37.6 Å². The number of nitrogens with two attached hydrogens (primary N) is 1. The van der Waals surface area contributed by atoms with Crippen molar-refractivity contribution in [2.24, 2.45) is 0 Å². The van der Waals surface area contributed by atoms with Gasteiger partial charge in [0.1, 0.15) is 16.7 Å². The number of rotatable bonds is 7. The third kappa shape index (κ3) is 4.78. The molecule has 0 spiro atoms. The molecule has 0 aliphatic heterocycles. The summed E-state index contributed by atoms with van der Waals surface area (Å²) in [5.41, 5.74) is 8.77. The Bertz CT molecular complexity index is 1620. The predicted octanol–water partition coefficient (Wildman–Crippen LogP) is 5.41. The number of anilines is 2. The number of hydrogen-bond donors (Lipinski definition) is 2. The standard InChI is InChI=1S/C25H20ClN7O3S/c1-35-20-11-28-21(26)8-17(20)16-9-22(36-15-4-2-3-14(27)7-15)29-10-18(16)23(34)31-24-32-33-12-19(13-5-6-13)30-25(33)37-24/h2-4,7-13H,5-6,27H2,1H3,(H,31,32,34). The Hall–Kier alpha value is -4.22. The zero-order chi connectivity index (χ0) is 25.5. The van der Waals surface area contributed by atoms with E-state index in [2.05, 4.69) is 25.4 Å². The summed E-state index contributed by atoms with van der Waals surface area (Å²) in [5, 5.41) is 7.98. The van der Waals surface area contributed by atoms with Gasteiger partial charge < -0.3 is 15.2 Å². The molecule has 4 heterocycles. The van der Waals surface area contributed by atoms with E-state index in [1.165, 1.54) is 30.8 Å². The van der Waals surface area contributed by atoms with Gasteiger partial charge in [-0.25, -0.2) is 19.5 Å². The van der Waals surface area contributed by atoms with Gasteiger partial charge in [-0.2, -0.15) is 0 Å². The number of nitrogens with one attached hydrogen (secondary N) is 1. The number of ether oxygens (including phenoxy) is 2. The third-order valence-corrected chi connectivity index (χ3v) is 6.87. The van der Waals surface area contributed by atoms with Crippen LogP contribution in [0.5, 0.6) is 17.4 Å². The van der Waals surface area contributed by atoms with Gasteiger partial charge in [-0.05, 0) is 31.0 Å². The maximum atomic E-state index is 13.4. The molecule has 1 aromatic carbocycles. The van der Waals surface area contributed by atoms with E-state index < -0.39 is 5.91 Å². The average molecular weight is 534 g/mol. The molecule has 5 aromatic rings. The minimum Gasteiger partial charge on any atom is -0.494 e. The topological polar surface area (TPSA) is 130 Å². The molecule has 0 radical (unpaired) electrons. The minimum atomic E-state index is -0.410. The summed E-state index contributed by atoms with van der Waals surface area (Å²) in [6, 6.07) is 10.2. The highest BCUT2D eigenvalue weighted by Gasteiger charge is 2.27. The van der Waals surface area contributed by atoms with Gasteiger partial charge in [-0.1, -0.05) is 29.0 Å². The van der Waals surface area contributed by atoms with E-state index in [0.29, 0.717) is 39.4 Å². The van der Waals surface area contributed by atoms with Crippen molar-refractivity contribution >= 4 is 44.6 Å². The average Bonchev–Trinajstić information content (AvgIpc) is 3.56. The first-order valence-electron chi connectivity index (χ1n) is 11.4. The number of aromatic nitrogens is 5. The maximum Gasteiger partial charge on any atom is 0.259 e. The number of pyridine rings is 2. The van der Waals surface area contributed by atoms with Crippen LogP contribution in [0.15, 0.2) is 55.0 Å². The van der Waals surface area contributed by atoms with Crippen molar-refractivity contribution in [2.45, 2.75) is 18.8 Å². The molecule has 1 amide bonds. The lowest BCUT2D eigenvalue weighted by atomic mass is 10.0. The van der Waals surface area contributed by atoms with Crippen molar-refractivity contribution in [1.29, 1.82) is 0 Å². The van der Waals surface area contributed by atoms with Crippen molar-refractivity contribution in [3.05, 3.63) is 71.4 Å². The second-order valence-electron chi connectivity index (χ2n) is 8.48. The van der Waals surface area contributed by atoms with E-state index in [1.54, 1.807) is 40.9 Å². The number of nitrogen functional groups attached to an aromatic ring is 1. The molecule has 1 aliphatic rings. The van der Waals surface area contributed by atoms with Gasteiger partial charge in [0.05, 0.1) is 30.8 Å². The highest BCUT2D eigenvalue weighted by molar-refractivity contribution is 7.20. The molecular weight excluding hydrogens is 514 g/mol. The van der Waals surface area contributed by atoms with Crippen LogP contribution < -0.4 is 20.5 Å². The van der Waals surface area contributed by atoms with Crippen LogP contribution in [0.2, 0.25) is 5.15 Å². The van der Waals surface area contributed by atoms with Crippen molar-refractivity contribution in [2.75, 3.05) is 18.2 Å². The molecule has 6 rings (SSSR count). The monoisotopic (exact) mass is 533 g/mol. The molecule has 186 valence electrons. The van der Waals surface area contributed by atoms with Gasteiger partial charge in [0.15, 0.2) is 0 Å². The molecule has 4 aromatic heterocycles. The molecule has 0 bridgehead atoms. The first kappa shape index (κ1) is 23.2. The van der Waals surface area contributed by atoms with Crippen LogP contribution >= 0.6 is 22.9 Å². The number of fused-ring (bicyclic) bond motifs is 1. The number of imidazole rings is 1. The summed E-state index contributed by atoms with van der Waals surface area (Å²) >= 11 is 7.50. The van der Waals surface area contributed by atoms with Gasteiger partial charge >= 0.3 is 0 Å². The van der Waals surface area contributed by atoms with Crippen molar-refractivity contribution in [3.8, 4) is 28.5 Å². The summed E-state index contributed by atoms with van der Waals surface area (Å²) in [6.07, 6.45) is 7.15. The number of amides is 1. The zero-order valence-electron chi connectivity index (χ0n) is 19.5. The number of carbonyl (C=O) groups is 1. The molecule has 0 unspecified atom stereocenters. The fourth-order valence-corrected chi connectivity index (χ4v) is 4.83. The lowest BCUT2D eigenvalue weighted by Gasteiger charge is -2.14. The molecular formula is C25H20ClN7O3S. The number of nitrogens with zero attached hydrogens (tertiary/aromatic N) is 5. The second-order valence-corrected chi connectivity index (χ2v) is 9.82. The summed E-state index contributed by atoms with van der Waals surface area (Å²) < 4.78 is 13.1. The van der Waals surface area contributed by atoms with E-state index in [0.717, 1.165) is 23.5 Å². The number of methoxy groups -OCH3 is 1. The molecule has 1 saturated carbocycles. The Morgan fingerprint density at radius 3 is 2.81 bits per heavy atom. The van der Waals surface area contributed by atoms with Crippen molar-refractivity contribution in [1.82, 2.24) is 24.6 Å². The molecule has 37 heavy (non-hydrogen) atoms. The van der Waals surface area contributed by atoms with E-state index in [4.69, 9.17) is 26.8 Å². The van der Waals surface area contributed by atoms with E-state index in [-0.39, 0.29) is 16.6 Å². The summed E-state index contributed by atoms with van der Waals surface area (Å²) in [5.74, 6) is 1.31. The largest absolute Gasteiger partial charge is 0.494 e. The highest BCUT2D eigenvalue weighted by atomic mass is 35.5. The summed E-state index contributed by atoms with van der Waals surface area (Å²) in [6.45, 7) is 0. The first-order valence-corrected chi connectivity index (χ1v) is 12.6. The summed E-state index contributed by atoms with van der Waals surface area (Å²) in [4.78, 5) is 27.2. The normalized spacial score (nSPS) is 13.0. The summed E-state index contributed by atoms with van der Waals surface area (Å²) in [7, 11) is 1.51. The minimum absolute atomic E-state index is 0.241. The Morgan fingerprint density at radius 1 is 1.19 bits per heavy atom. The molecule has 10 nitrogen and oxygen atoms in total.